The molecule has 1 amide bonds. The van der Waals surface area contributed by atoms with Crippen LogP contribution in [-0.4, -0.2) is 29.8 Å². The fourth-order valence-electron chi connectivity index (χ4n) is 3.00. The van der Waals surface area contributed by atoms with Gasteiger partial charge in [0.2, 0.25) is 11.7 Å². The van der Waals surface area contributed by atoms with Gasteiger partial charge in [-0.25, -0.2) is 9.37 Å². The van der Waals surface area contributed by atoms with Crippen molar-refractivity contribution in [1.29, 1.82) is 0 Å². The zero-order chi connectivity index (χ0) is 21.8. The Morgan fingerprint density at radius 2 is 1.80 bits per heavy atom. The van der Waals surface area contributed by atoms with Crippen molar-refractivity contribution in [2.45, 2.75) is 19.4 Å². The number of benzene rings is 2. The summed E-state index contributed by atoms with van der Waals surface area (Å²) in [4.78, 5) is 31.1. The Hall–Kier alpha value is -3.46. The Kier molecular flexibility index (Phi) is 6.31. The number of hydrogen-bond acceptors (Lipinski definition) is 7. The minimum Gasteiger partial charge on any atom is -0.497 e. The third kappa shape index (κ3) is 4.25. The number of rotatable bonds is 8. The van der Waals surface area contributed by atoms with Gasteiger partial charge in [-0.3, -0.25) is 9.59 Å². The average molecular weight is 428 g/mol. The highest BCUT2D eigenvalue weighted by atomic mass is 32.1. The van der Waals surface area contributed by atoms with Crippen molar-refractivity contribution in [2.24, 2.45) is 5.73 Å². The van der Waals surface area contributed by atoms with Gasteiger partial charge in [-0.05, 0) is 55.0 Å². The number of hydrogen-bond donors (Lipinski definition) is 2. The van der Waals surface area contributed by atoms with Crippen LogP contribution in [0.15, 0.2) is 48.5 Å². The second-order valence-electron chi connectivity index (χ2n) is 6.44. The Morgan fingerprint density at radius 3 is 2.33 bits per heavy atom. The molecule has 30 heavy (non-hydrogen) atoms. The number of carbonyl (C=O) groups excluding carboxylic acids is 2. The molecule has 0 bridgehead atoms. The van der Waals surface area contributed by atoms with Crippen molar-refractivity contribution < 1.29 is 18.7 Å². The molecule has 0 aliphatic rings. The first kappa shape index (κ1) is 21.3. The van der Waals surface area contributed by atoms with Gasteiger partial charge in [0.1, 0.15) is 28.3 Å². The highest BCUT2D eigenvalue weighted by Crippen LogP contribution is 2.36. The Bertz CT molecular complexity index is 1050. The van der Waals surface area contributed by atoms with E-state index in [1.807, 2.05) is 0 Å². The Morgan fingerprint density at radius 1 is 1.17 bits per heavy atom. The van der Waals surface area contributed by atoms with Crippen molar-refractivity contribution >= 4 is 39.7 Å². The number of carbonyl (C=O) groups is 2. The zero-order valence-corrected chi connectivity index (χ0v) is 17.3. The van der Waals surface area contributed by atoms with Crippen molar-refractivity contribution in [3.63, 3.8) is 0 Å². The number of ketones is 1. The molecule has 3 rings (SSSR count). The topological polar surface area (TPSA) is 112 Å². The fourth-order valence-corrected chi connectivity index (χ4v) is 4.01. The van der Waals surface area contributed by atoms with Gasteiger partial charge in [0.25, 0.3) is 0 Å². The number of halogens is 1. The van der Waals surface area contributed by atoms with E-state index < -0.39 is 17.8 Å². The van der Waals surface area contributed by atoms with Crippen LogP contribution in [0.1, 0.15) is 28.6 Å². The van der Waals surface area contributed by atoms with E-state index in [-0.39, 0.29) is 16.5 Å². The molecule has 9 heteroatoms. The van der Waals surface area contributed by atoms with Gasteiger partial charge in [-0.2, -0.15) is 0 Å². The second kappa shape index (κ2) is 8.91. The summed E-state index contributed by atoms with van der Waals surface area (Å²) in [7, 11) is 1.54. The summed E-state index contributed by atoms with van der Waals surface area (Å²) in [5.74, 6) is -0.620. The summed E-state index contributed by atoms with van der Waals surface area (Å²) in [6.45, 7) is 1.80. The lowest BCUT2D eigenvalue weighted by atomic mass is 10.1. The first-order valence-corrected chi connectivity index (χ1v) is 9.96. The van der Waals surface area contributed by atoms with Crippen molar-refractivity contribution in [1.82, 2.24) is 4.98 Å². The summed E-state index contributed by atoms with van der Waals surface area (Å²) < 4.78 is 18.5. The molecule has 3 aromatic rings. The van der Waals surface area contributed by atoms with E-state index in [0.29, 0.717) is 28.6 Å². The number of aromatic nitrogens is 1. The monoisotopic (exact) mass is 428 g/mol. The number of primary amides is 1. The predicted octanol–water partition coefficient (Wildman–Crippen LogP) is 3.51. The Labute approximate surface area is 177 Å². The molecule has 0 saturated carbocycles. The van der Waals surface area contributed by atoms with E-state index >= 15 is 0 Å². The molecule has 156 valence electrons. The van der Waals surface area contributed by atoms with Crippen LogP contribution < -0.4 is 21.1 Å². The van der Waals surface area contributed by atoms with Crippen LogP contribution in [0.25, 0.3) is 0 Å². The smallest absolute Gasteiger partial charge is 0.240 e. The maximum atomic E-state index is 13.4. The lowest BCUT2D eigenvalue weighted by Crippen LogP contribution is -2.41. The number of nitrogens with two attached hydrogens (primary N) is 2. The number of ether oxygens (including phenoxy) is 1. The largest absolute Gasteiger partial charge is 0.497 e. The lowest BCUT2D eigenvalue weighted by molar-refractivity contribution is -0.119. The van der Waals surface area contributed by atoms with Gasteiger partial charge in [0, 0.05) is 11.3 Å². The first-order valence-electron chi connectivity index (χ1n) is 9.14. The highest BCUT2D eigenvalue weighted by molar-refractivity contribution is 7.18. The number of nitrogens with zero attached hydrogens (tertiary/aromatic N) is 2. The molecule has 0 aliphatic carbocycles. The molecule has 7 nitrogen and oxygen atoms in total. The van der Waals surface area contributed by atoms with Crippen LogP contribution in [0.4, 0.5) is 21.0 Å². The van der Waals surface area contributed by atoms with Crippen LogP contribution >= 0.6 is 11.3 Å². The number of methoxy groups -OCH3 is 1. The van der Waals surface area contributed by atoms with Crippen LogP contribution in [0.3, 0.4) is 0 Å². The van der Waals surface area contributed by atoms with Crippen LogP contribution in [0, 0.1) is 5.82 Å². The van der Waals surface area contributed by atoms with Crippen LogP contribution in [-0.2, 0) is 4.79 Å². The third-order valence-corrected chi connectivity index (χ3v) is 5.61. The molecule has 1 aromatic heterocycles. The SMILES string of the molecule is CC[C@H](C(N)=O)N(c1ccc(F)cc1)c1nc(N)c(C(=O)c2ccc(OC)cc2)s1. The molecule has 0 saturated heterocycles. The molecule has 4 N–H and O–H groups in total. The molecule has 1 atom stereocenters. The minimum atomic E-state index is -0.745. The van der Waals surface area contributed by atoms with Crippen molar-refractivity contribution in [3.8, 4) is 5.75 Å². The lowest BCUT2D eigenvalue weighted by Gasteiger charge is -2.28. The summed E-state index contributed by atoms with van der Waals surface area (Å²) >= 11 is 1.05. The van der Waals surface area contributed by atoms with E-state index in [0.717, 1.165) is 11.3 Å². The zero-order valence-electron chi connectivity index (χ0n) is 16.5. The molecule has 0 unspecified atom stereocenters. The van der Waals surface area contributed by atoms with E-state index in [2.05, 4.69) is 4.98 Å². The molecule has 0 radical (unpaired) electrons. The summed E-state index contributed by atoms with van der Waals surface area (Å²) in [5.41, 5.74) is 12.6. The number of anilines is 3. The van der Waals surface area contributed by atoms with Crippen molar-refractivity contribution in [3.05, 3.63) is 64.8 Å². The number of nitrogen functional groups attached to an aromatic ring is 1. The van der Waals surface area contributed by atoms with Crippen molar-refractivity contribution in [2.75, 3.05) is 17.7 Å². The molecule has 0 fully saturated rings. The summed E-state index contributed by atoms with van der Waals surface area (Å²) in [6, 6.07) is 11.5. The summed E-state index contributed by atoms with van der Waals surface area (Å²) in [6.07, 6.45) is 0.383. The van der Waals surface area contributed by atoms with Crippen LogP contribution in [0.5, 0.6) is 5.75 Å². The molecule has 1 heterocycles. The third-order valence-electron chi connectivity index (χ3n) is 4.54. The van der Waals surface area contributed by atoms with E-state index in [1.165, 1.54) is 31.4 Å². The van der Waals surface area contributed by atoms with Gasteiger partial charge in [0.05, 0.1) is 7.11 Å². The average Bonchev–Trinajstić information content (AvgIpc) is 3.13. The number of thiazole rings is 1. The van der Waals surface area contributed by atoms with E-state index in [9.17, 15) is 14.0 Å². The first-order chi connectivity index (χ1) is 14.3. The normalized spacial score (nSPS) is 11.7. The molecular weight excluding hydrogens is 407 g/mol. The standard InChI is InChI=1S/C21H21FN4O3S/c1-3-16(20(24)28)26(14-8-6-13(22)7-9-14)21-25-19(23)18(30-21)17(27)12-4-10-15(29-2)11-5-12/h4-11,16H,3,23H2,1-2H3,(H2,24,28)/t16-/m1/s1. The molecule has 0 spiro atoms. The summed E-state index contributed by atoms with van der Waals surface area (Å²) in [5, 5.41) is 0.321. The van der Waals surface area contributed by atoms with E-state index in [4.69, 9.17) is 16.2 Å². The second-order valence-corrected chi connectivity index (χ2v) is 7.42. The van der Waals surface area contributed by atoms with Gasteiger partial charge < -0.3 is 21.1 Å². The van der Waals surface area contributed by atoms with Gasteiger partial charge >= 0.3 is 0 Å². The fraction of sp³-hybridized carbons (Fsp3) is 0.190. The quantitative estimate of drug-likeness (QED) is 0.531. The van der Waals surface area contributed by atoms with Gasteiger partial charge in [-0.1, -0.05) is 18.3 Å². The van der Waals surface area contributed by atoms with E-state index in [1.54, 1.807) is 36.1 Å². The maximum Gasteiger partial charge on any atom is 0.240 e. The predicted molar refractivity (Wildman–Crippen MR) is 115 cm³/mol. The number of amides is 1. The molecule has 0 aliphatic heterocycles. The Balaban J connectivity index is 2.03. The minimum absolute atomic E-state index is 0.0438. The molecular formula is C21H21FN4O3S. The van der Waals surface area contributed by atoms with Gasteiger partial charge in [-0.15, -0.1) is 0 Å². The van der Waals surface area contributed by atoms with Gasteiger partial charge in [0.15, 0.2) is 5.13 Å². The maximum absolute atomic E-state index is 13.4. The van der Waals surface area contributed by atoms with Crippen LogP contribution in [0.2, 0.25) is 0 Å². The highest BCUT2D eigenvalue weighted by Gasteiger charge is 2.29. The molecule has 2 aromatic carbocycles.